The van der Waals surface area contributed by atoms with Crippen LogP contribution in [0.1, 0.15) is 46.5 Å². The molecule has 0 saturated carbocycles. The Morgan fingerprint density at radius 1 is 0.941 bits per heavy atom. The zero-order chi connectivity index (χ0) is 12.7. The maximum Gasteiger partial charge on any atom is 0.0768 e. The Morgan fingerprint density at radius 3 is 2.12 bits per heavy atom. The van der Waals surface area contributed by atoms with E-state index in [-0.39, 0.29) is 0 Å². The predicted molar refractivity (Wildman–Crippen MR) is 73.3 cm³/mol. The van der Waals surface area contributed by atoms with Gasteiger partial charge in [0.15, 0.2) is 0 Å². The highest BCUT2D eigenvalue weighted by atomic mass is 16.3. The molecule has 0 amide bonds. The largest absolute Gasteiger partial charge is 0.389 e. The van der Waals surface area contributed by atoms with Gasteiger partial charge in [-0.1, -0.05) is 20.8 Å². The summed E-state index contributed by atoms with van der Waals surface area (Å²) in [6, 6.07) is 0. The Balaban J connectivity index is 2.40. The molecule has 3 heteroatoms. The molecule has 0 bridgehead atoms. The third-order valence-corrected chi connectivity index (χ3v) is 4.06. The molecule has 0 aromatic carbocycles. The molecule has 0 atom stereocenters. The SMILES string of the molecule is CCCN1CCCN(CC(O)(CC)CC)CC1. The average molecular weight is 242 g/mol. The predicted octanol–water partition coefficient (Wildman–Crippen LogP) is 1.96. The van der Waals surface area contributed by atoms with Crippen LogP contribution in [0.25, 0.3) is 0 Å². The monoisotopic (exact) mass is 242 g/mol. The normalized spacial score (nSPS) is 20.5. The number of rotatable bonds is 6. The molecule has 1 fully saturated rings. The van der Waals surface area contributed by atoms with Crippen molar-refractivity contribution in [3.63, 3.8) is 0 Å². The summed E-state index contributed by atoms with van der Waals surface area (Å²) in [5.41, 5.74) is -0.472. The molecule has 0 radical (unpaired) electrons. The lowest BCUT2D eigenvalue weighted by atomic mass is 9.97. The van der Waals surface area contributed by atoms with Crippen molar-refractivity contribution in [2.24, 2.45) is 0 Å². The molecule has 1 heterocycles. The Hall–Kier alpha value is -0.120. The fourth-order valence-corrected chi connectivity index (χ4v) is 2.61. The number of hydrogen-bond acceptors (Lipinski definition) is 3. The maximum absolute atomic E-state index is 10.4. The molecular weight excluding hydrogens is 212 g/mol. The van der Waals surface area contributed by atoms with Crippen LogP contribution < -0.4 is 0 Å². The molecule has 1 aliphatic heterocycles. The van der Waals surface area contributed by atoms with Crippen LogP contribution in [0.4, 0.5) is 0 Å². The van der Waals surface area contributed by atoms with Crippen LogP contribution in [0, 0.1) is 0 Å². The van der Waals surface area contributed by atoms with Gasteiger partial charge in [0.1, 0.15) is 0 Å². The first-order chi connectivity index (χ1) is 8.13. The zero-order valence-corrected chi connectivity index (χ0v) is 11.9. The van der Waals surface area contributed by atoms with Crippen LogP contribution >= 0.6 is 0 Å². The van der Waals surface area contributed by atoms with Crippen LogP contribution in [0.5, 0.6) is 0 Å². The summed E-state index contributed by atoms with van der Waals surface area (Å²) < 4.78 is 0. The van der Waals surface area contributed by atoms with E-state index in [4.69, 9.17) is 0 Å². The first-order valence-electron chi connectivity index (χ1n) is 7.30. The molecule has 3 nitrogen and oxygen atoms in total. The lowest BCUT2D eigenvalue weighted by molar-refractivity contribution is -0.00235. The minimum atomic E-state index is -0.472. The van der Waals surface area contributed by atoms with Gasteiger partial charge in [0, 0.05) is 19.6 Å². The second kappa shape index (κ2) is 7.34. The quantitative estimate of drug-likeness (QED) is 0.771. The van der Waals surface area contributed by atoms with Crippen molar-refractivity contribution in [2.75, 3.05) is 39.3 Å². The van der Waals surface area contributed by atoms with Gasteiger partial charge in [-0.25, -0.2) is 0 Å². The molecular formula is C14H30N2O. The third-order valence-electron chi connectivity index (χ3n) is 4.06. The van der Waals surface area contributed by atoms with Crippen molar-refractivity contribution < 1.29 is 5.11 Å². The van der Waals surface area contributed by atoms with E-state index in [0.717, 1.165) is 39.0 Å². The molecule has 1 aliphatic rings. The Morgan fingerprint density at radius 2 is 1.53 bits per heavy atom. The minimum absolute atomic E-state index is 0.472. The van der Waals surface area contributed by atoms with Gasteiger partial charge in [-0.05, 0) is 45.3 Å². The molecule has 102 valence electrons. The van der Waals surface area contributed by atoms with Gasteiger partial charge < -0.3 is 10.0 Å². The summed E-state index contributed by atoms with van der Waals surface area (Å²) in [5, 5.41) is 10.4. The molecule has 0 aromatic rings. The first-order valence-corrected chi connectivity index (χ1v) is 7.30. The Kier molecular flexibility index (Phi) is 6.45. The van der Waals surface area contributed by atoms with Gasteiger partial charge in [-0.3, -0.25) is 4.90 Å². The van der Waals surface area contributed by atoms with Crippen LogP contribution in [-0.2, 0) is 0 Å². The van der Waals surface area contributed by atoms with E-state index in [9.17, 15) is 5.11 Å². The highest BCUT2D eigenvalue weighted by molar-refractivity contribution is 4.81. The van der Waals surface area contributed by atoms with E-state index in [2.05, 4.69) is 30.6 Å². The molecule has 0 unspecified atom stereocenters. The topological polar surface area (TPSA) is 26.7 Å². The van der Waals surface area contributed by atoms with E-state index in [1.54, 1.807) is 0 Å². The lowest BCUT2D eigenvalue weighted by Crippen LogP contribution is -2.43. The molecule has 0 aromatic heterocycles. The molecule has 1 N–H and O–H groups in total. The van der Waals surface area contributed by atoms with Crippen molar-refractivity contribution >= 4 is 0 Å². The van der Waals surface area contributed by atoms with Gasteiger partial charge in [0.25, 0.3) is 0 Å². The van der Waals surface area contributed by atoms with E-state index in [1.165, 1.54) is 25.9 Å². The molecule has 0 aliphatic carbocycles. The summed E-state index contributed by atoms with van der Waals surface area (Å²) in [5.74, 6) is 0. The number of nitrogens with zero attached hydrogens (tertiary/aromatic N) is 2. The van der Waals surface area contributed by atoms with Crippen LogP contribution in [0.2, 0.25) is 0 Å². The molecule has 1 saturated heterocycles. The second-order valence-electron chi connectivity index (χ2n) is 5.40. The number of aliphatic hydroxyl groups is 1. The highest BCUT2D eigenvalue weighted by Gasteiger charge is 2.26. The van der Waals surface area contributed by atoms with Gasteiger partial charge in [-0.15, -0.1) is 0 Å². The summed E-state index contributed by atoms with van der Waals surface area (Å²) >= 11 is 0. The van der Waals surface area contributed by atoms with E-state index in [1.807, 2.05) is 0 Å². The third kappa shape index (κ3) is 4.94. The summed E-state index contributed by atoms with van der Waals surface area (Å²) in [4.78, 5) is 5.00. The van der Waals surface area contributed by atoms with E-state index < -0.39 is 5.60 Å². The van der Waals surface area contributed by atoms with E-state index >= 15 is 0 Å². The Labute approximate surface area is 107 Å². The van der Waals surface area contributed by atoms with Crippen molar-refractivity contribution in [3.05, 3.63) is 0 Å². The standard InChI is InChI=1S/C14H30N2O/c1-4-8-15-9-7-10-16(12-11-15)13-14(17,5-2)6-3/h17H,4-13H2,1-3H3. The number of β-amino-alcohol motifs (C(OH)–C–C–N with tert-alkyl or cyclic N) is 1. The average Bonchev–Trinajstić information content (AvgIpc) is 2.55. The molecule has 1 rings (SSSR count). The van der Waals surface area contributed by atoms with Crippen LogP contribution in [0.15, 0.2) is 0 Å². The zero-order valence-electron chi connectivity index (χ0n) is 11.9. The van der Waals surface area contributed by atoms with Crippen LogP contribution in [0.3, 0.4) is 0 Å². The summed E-state index contributed by atoms with van der Waals surface area (Å²) in [6.07, 6.45) is 4.20. The van der Waals surface area contributed by atoms with Crippen molar-refractivity contribution in [2.45, 2.75) is 52.1 Å². The first kappa shape index (κ1) is 14.9. The fraction of sp³-hybridized carbons (Fsp3) is 1.00. The Bertz CT molecular complexity index is 204. The van der Waals surface area contributed by atoms with Crippen molar-refractivity contribution in [1.82, 2.24) is 9.80 Å². The lowest BCUT2D eigenvalue weighted by Gasteiger charge is -2.32. The molecule has 17 heavy (non-hydrogen) atoms. The van der Waals surface area contributed by atoms with Crippen LogP contribution in [-0.4, -0.2) is 59.8 Å². The summed E-state index contributed by atoms with van der Waals surface area (Å²) in [7, 11) is 0. The van der Waals surface area contributed by atoms with Gasteiger partial charge >= 0.3 is 0 Å². The minimum Gasteiger partial charge on any atom is -0.389 e. The van der Waals surface area contributed by atoms with Crippen molar-refractivity contribution in [1.29, 1.82) is 0 Å². The maximum atomic E-state index is 10.4. The van der Waals surface area contributed by atoms with Crippen molar-refractivity contribution in [3.8, 4) is 0 Å². The van der Waals surface area contributed by atoms with Gasteiger partial charge in [0.2, 0.25) is 0 Å². The second-order valence-corrected chi connectivity index (χ2v) is 5.40. The van der Waals surface area contributed by atoms with Gasteiger partial charge in [0.05, 0.1) is 5.60 Å². The number of hydrogen-bond donors (Lipinski definition) is 1. The van der Waals surface area contributed by atoms with Gasteiger partial charge in [-0.2, -0.15) is 0 Å². The summed E-state index contributed by atoms with van der Waals surface area (Å²) in [6.45, 7) is 13.1. The molecule has 0 spiro atoms. The van der Waals surface area contributed by atoms with E-state index in [0.29, 0.717) is 0 Å². The smallest absolute Gasteiger partial charge is 0.0768 e. The highest BCUT2D eigenvalue weighted by Crippen LogP contribution is 2.17. The fourth-order valence-electron chi connectivity index (χ4n) is 2.61.